The van der Waals surface area contributed by atoms with Gasteiger partial charge in [-0.05, 0) is 44.1 Å². The molecule has 5 nitrogen and oxygen atoms in total. The predicted octanol–water partition coefficient (Wildman–Crippen LogP) is 1.07. The van der Waals surface area contributed by atoms with Crippen molar-refractivity contribution in [3.63, 3.8) is 0 Å². The van der Waals surface area contributed by atoms with Gasteiger partial charge in [-0.25, -0.2) is 0 Å². The Kier molecular flexibility index (Phi) is 4.63. The number of piperidine rings is 1. The molecule has 0 aliphatic carbocycles. The normalized spacial score (nSPS) is 16.2. The quantitative estimate of drug-likeness (QED) is 0.709. The minimum absolute atomic E-state index is 0.115. The number of nitrogens with one attached hydrogen (secondary N) is 1. The van der Waals surface area contributed by atoms with E-state index in [1.165, 1.54) is 19.3 Å². The number of carbonyl (C=O) groups excluding carboxylic acids is 1. The molecule has 1 aliphatic rings. The van der Waals surface area contributed by atoms with Crippen molar-refractivity contribution >= 4 is 17.3 Å². The Labute approximate surface area is 113 Å². The van der Waals surface area contributed by atoms with Crippen LogP contribution >= 0.6 is 0 Å². The lowest BCUT2D eigenvalue weighted by Crippen LogP contribution is -2.37. The first-order valence-corrected chi connectivity index (χ1v) is 6.82. The summed E-state index contributed by atoms with van der Waals surface area (Å²) in [7, 11) is 0. The number of amides is 1. The molecule has 1 aromatic carbocycles. The van der Waals surface area contributed by atoms with Gasteiger partial charge >= 0.3 is 0 Å². The summed E-state index contributed by atoms with van der Waals surface area (Å²) in [6.45, 7) is 3.85. The molecule has 19 heavy (non-hydrogen) atoms. The van der Waals surface area contributed by atoms with E-state index in [4.69, 9.17) is 11.5 Å². The van der Waals surface area contributed by atoms with E-state index >= 15 is 0 Å². The van der Waals surface area contributed by atoms with Gasteiger partial charge in [0.05, 0.1) is 0 Å². The first kappa shape index (κ1) is 13.7. The first-order valence-electron chi connectivity index (χ1n) is 6.82. The van der Waals surface area contributed by atoms with Gasteiger partial charge in [-0.3, -0.25) is 4.79 Å². The molecule has 0 saturated carbocycles. The molecule has 0 spiro atoms. The van der Waals surface area contributed by atoms with E-state index in [1.807, 2.05) is 0 Å². The second kappa shape index (κ2) is 6.43. The monoisotopic (exact) mass is 262 g/mol. The van der Waals surface area contributed by atoms with Crippen LogP contribution in [0.4, 0.5) is 11.4 Å². The molecule has 104 valence electrons. The number of likely N-dealkylation sites (tertiary alicyclic amines) is 1. The highest BCUT2D eigenvalue weighted by Gasteiger charge is 2.11. The molecule has 0 bridgehead atoms. The number of rotatable bonds is 4. The van der Waals surface area contributed by atoms with Crippen LogP contribution in [0.2, 0.25) is 0 Å². The molecule has 5 N–H and O–H groups in total. The lowest BCUT2D eigenvalue weighted by atomic mass is 10.1. The molecule has 0 atom stereocenters. The summed E-state index contributed by atoms with van der Waals surface area (Å²) < 4.78 is 0. The van der Waals surface area contributed by atoms with Crippen molar-refractivity contribution in [1.82, 2.24) is 10.2 Å². The smallest absolute Gasteiger partial charge is 0.251 e. The number of nitrogens with two attached hydrogens (primary N) is 2. The zero-order valence-corrected chi connectivity index (χ0v) is 11.2. The number of hydrogen-bond donors (Lipinski definition) is 3. The summed E-state index contributed by atoms with van der Waals surface area (Å²) in [5.74, 6) is -0.115. The number of benzene rings is 1. The molecule has 1 heterocycles. The maximum Gasteiger partial charge on any atom is 0.251 e. The second-order valence-electron chi connectivity index (χ2n) is 5.05. The van der Waals surface area contributed by atoms with E-state index in [9.17, 15) is 4.79 Å². The van der Waals surface area contributed by atoms with Gasteiger partial charge in [0.25, 0.3) is 5.91 Å². The van der Waals surface area contributed by atoms with E-state index in [-0.39, 0.29) is 5.91 Å². The van der Waals surface area contributed by atoms with Gasteiger partial charge in [-0.15, -0.1) is 0 Å². The fraction of sp³-hybridized carbons (Fsp3) is 0.500. The van der Waals surface area contributed by atoms with Crippen molar-refractivity contribution in [3.05, 3.63) is 23.8 Å². The number of anilines is 2. The van der Waals surface area contributed by atoms with Gasteiger partial charge in [0.1, 0.15) is 0 Å². The van der Waals surface area contributed by atoms with E-state index in [0.29, 0.717) is 23.5 Å². The highest BCUT2D eigenvalue weighted by molar-refractivity contribution is 5.96. The molecule has 0 unspecified atom stereocenters. The largest absolute Gasteiger partial charge is 0.399 e. The molecular weight excluding hydrogens is 240 g/mol. The Balaban J connectivity index is 1.80. The van der Waals surface area contributed by atoms with Gasteiger partial charge in [0, 0.05) is 30.0 Å². The first-order chi connectivity index (χ1) is 9.15. The van der Waals surface area contributed by atoms with Crippen molar-refractivity contribution in [2.45, 2.75) is 19.3 Å². The summed E-state index contributed by atoms with van der Waals surface area (Å²) in [6.07, 6.45) is 3.85. The Hall–Kier alpha value is -1.75. The fourth-order valence-electron chi connectivity index (χ4n) is 2.42. The number of nitrogen functional groups attached to an aromatic ring is 2. The van der Waals surface area contributed by atoms with Crippen molar-refractivity contribution in [2.24, 2.45) is 0 Å². The maximum atomic E-state index is 12.0. The van der Waals surface area contributed by atoms with Crippen molar-refractivity contribution in [2.75, 3.05) is 37.6 Å². The van der Waals surface area contributed by atoms with Crippen LogP contribution in [0.3, 0.4) is 0 Å². The number of carbonyl (C=O) groups is 1. The fourth-order valence-corrected chi connectivity index (χ4v) is 2.42. The maximum absolute atomic E-state index is 12.0. The van der Waals surface area contributed by atoms with Crippen molar-refractivity contribution in [1.29, 1.82) is 0 Å². The van der Waals surface area contributed by atoms with Gasteiger partial charge in [0.15, 0.2) is 0 Å². The lowest BCUT2D eigenvalue weighted by molar-refractivity contribution is 0.0946. The third-order valence-corrected chi connectivity index (χ3v) is 3.40. The minimum atomic E-state index is -0.115. The van der Waals surface area contributed by atoms with Crippen LogP contribution in [0.15, 0.2) is 18.2 Å². The zero-order chi connectivity index (χ0) is 13.7. The highest BCUT2D eigenvalue weighted by atomic mass is 16.1. The van der Waals surface area contributed by atoms with Crippen LogP contribution < -0.4 is 16.8 Å². The van der Waals surface area contributed by atoms with Crippen LogP contribution in [-0.2, 0) is 0 Å². The minimum Gasteiger partial charge on any atom is -0.399 e. The van der Waals surface area contributed by atoms with E-state index in [0.717, 1.165) is 19.6 Å². The standard InChI is InChI=1S/C14H22N4O/c15-12-8-11(9-13(16)10-12)14(19)17-4-7-18-5-2-1-3-6-18/h8-10H,1-7,15-16H2,(H,17,19). The molecule has 1 fully saturated rings. The van der Waals surface area contributed by atoms with E-state index < -0.39 is 0 Å². The molecular formula is C14H22N4O. The summed E-state index contributed by atoms with van der Waals surface area (Å²) in [5, 5.41) is 2.91. The number of nitrogens with zero attached hydrogens (tertiary/aromatic N) is 1. The number of hydrogen-bond acceptors (Lipinski definition) is 4. The summed E-state index contributed by atoms with van der Waals surface area (Å²) in [4.78, 5) is 14.3. The van der Waals surface area contributed by atoms with Crippen LogP contribution in [0.5, 0.6) is 0 Å². The van der Waals surface area contributed by atoms with Crippen molar-refractivity contribution < 1.29 is 4.79 Å². The van der Waals surface area contributed by atoms with Crippen LogP contribution in [0.25, 0.3) is 0 Å². The summed E-state index contributed by atoms with van der Waals surface area (Å²) in [5.41, 5.74) is 12.9. The molecule has 2 rings (SSSR count). The van der Waals surface area contributed by atoms with Gasteiger partial charge in [-0.1, -0.05) is 6.42 Å². The molecule has 5 heteroatoms. The van der Waals surface area contributed by atoms with Gasteiger partial charge in [-0.2, -0.15) is 0 Å². The second-order valence-corrected chi connectivity index (χ2v) is 5.05. The SMILES string of the molecule is Nc1cc(N)cc(C(=O)NCCN2CCCCC2)c1. The Bertz CT molecular complexity index is 421. The topological polar surface area (TPSA) is 84.4 Å². The Morgan fingerprint density at radius 3 is 2.37 bits per heavy atom. The summed E-state index contributed by atoms with van der Waals surface area (Å²) in [6, 6.07) is 4.93. The molecule has 1 amide bonds. The molecule has 1 aliphatic heterocycles. The van der Waals surface area contributed by atoms with Crippen molar-refractivity contribution in [3.8, 4) is 0 Å². The molecule has 1 saturated heterocycles. The third kappa shape index (κ3) is 4.13. The highest BCUT2D eigenvalue weighted by Crippen LogP contribution is 2.13. The molecule has 0 aromatic heterocycles. The third-order valence-electron chi connectivity index (χ3n) is 3.40. The average molecular weight is 262 g/mol. The Morgan fingerprint density at radius 2 is 1.74 bits per heavy atom. The molecule has 0 radical (unpaired) electrons. The lowest BCUT2D eigenvalue weighted by Gasteiger charge is -2.26. The van der Waals surface area contributed by atoms with Gasteiger partial charge < -0.3 is 21.7 Å². The van der Waals surface area contributed by atoms with Crippen LogP contribution in [0, 0.1) is 0 Å². The zero-order valence-electron chi connectivity index (χ0n) is 11.2. The summed E-state index contributed by atoms with van der Waals surface area (Å²) >= 11 is 0. The van der Waals surface area contributed by atoms with Crippen LogP contribution in [0.1, 0.15) is 29.6 Å². The average Bonchev–Trinajstić information content (AvgIpc) is 2.38. The van der Waals surface area contributed by atoms with E-state index in [1.54, 1.807) is 18.2 Å². The van der Waals surface area contributed by atoms with E-state index in [2.05, 4.69) is 10.2 Å². The van der Waals surface area contributed by atoms with Crippen LogP contribution in [-0.4, -0.2) is 37.0 Å². The molecule has 1 aromatic rings. The predicted molar refractivity (Wildman–Crippen MR) is 77.9 cm³/mol. The Morgan fingerprint density at radius 1 is 1.11 bits per heavy atom. The van der Waals surface area contributed by atoms with Gasteiger partial charge in [0.2, 0.25) is 0 Å².